The van der Waals surface area contributed by atoms with E-state index in [1.165, 1.54) is 6.08 Å². The number of likely N-dealkylation sites (tertiary alicyclic amines) is 1. The molecule has 1 saturated heterocycles. The molecule has 0 aromatic carbocycles. The van der Waals surface area contributed by atoms with Crippen LogP contribution in [0.4, 0.5) is 5.69 Å². The molecule has 2 atom stereocenters. The van der Waals surface area contributed by atoms with Crippen molar-refractivity contribution in [3.8, 4) is 0 Å². The lowest BCUT2D eigenvalue weighted by Gasteiger charge is -2.38. The number of hydrogen-bond donors (Lipinski definition) is 2. The maximum atomic E-state index is 12.6. The van der Waals surface area contributed by atoms with Crippen molar-refractivity contribution in [1.29, 1.82) is 0 Å². The molecule has 1 amide bonds. The highest BCUT2D eigenvalue weighted by molar-refractivity contribution is 6.12. The van der Waals surface area contributed by atoms with Gasteiger partial charge in [-0.25, -0.2) is 4.98 Å². The molecule has 1 aliphatic carbocycles. The van der Waals surface area contributed by atoms with Crippen LogP contribution in [0.25, 0.3) is 11.0 Å². The van der Waals surface area contributed by atoms with E-state index in [0.29, 0.717) is 6.54 Å². The third-order valence-corrected chi connectivity index (χ3v) is 5.49. The number of ketones is 1. The molecule has 4 rings (SSSR count). The second kappa shape index (κ2) is 6.59. The minimum Gasteiger partial charge on any atom is -0.380 e. The quantitative estimate of drug-likeness (QED) is 0.640. The van der Waals surface area contributed by atoms with Crippen LogP contribution in [0.3, 0.4) is 0 Å². The number of anilines is 1. The Morgan fingerprint density at radius 2 is 2.15 bits per heavy atom. The average Bonchev–Trinajstić information content (AvgIpc) is 3.41. The van der Waals surface area contributed by atoms with Gasteiger partial charge in [-0.1, -0.05) is 6.58 Å². The Morgan fingerprint density at radius 1 is 1.35 bits per heavy atom. The predicted molar refractivity (Wildman–Crippen MR) is 101 cm³/mol. The van der Waals surface area contributed by atoms with Crippen LogP contribution in [0.5, 0.6) is 0 Å². The molecule has 0 bridgehead atoms. The minimum absolute atomic E-state index is 0.0323. The number of aromatic nitrogens is 2. The van der Waals surface area contributed by atoms with Gasteiger partial charge in [-0.15, -0.1) is 0 Å². The zero-order valence-corrected chi connectivity index (χ0v) is 15.0. The van der Waals surface area contributed by atoms with Gasteiger partial charge in [-0.05, 0) is 44.7 Å². The first-order valence-corrected chi connectivity index (χ1v) is 9.28. The number of carbonyl (C=O) groups is 2. The van der Waals surface area contributed by atoms with E-state index in [9.17, 15) is 9.59 Å². The van der Waals surface area contributed by atoms with Crippen LogP contribution in [-0.4, -0.2) is 45.2 Å². The summed E-state index contributed by atoms with van der Waals surface area (Å²) in [6.07, 6.45) is 8.77. The van der Waals surface area contributed by atoms with Gasteiger partial charge in [0, 0.05) is 48.2 Å². The van der Waals surface area contributed by atoms with Crippen LogP contribution in [0, 0.1) is 5.92 Å². The second-order valence-corrected chi connectivity index (χ2v) is 7.39. The molecule has 136 valence electrons. The van der Waals surface area contributed by atoms with Crippen LogP contribution >= 0.6 is 0 Å². The summed E-state index contributed by atoms with van der Waals surface area (Å²) in [4.78, 5) is 34.0. The number of H-pyrrole nitrogens is 1. The van der Waals surface area contributed by atoms with E-state index in [1.807, 2.05) is 11.0 Å². The zero-order chi connectivity index (χ0) is 18.3. The van der Waals surface area contributed by atoms with Crippen molar-refractivity contribution in [3.63, 3.8) is 0 Å². The van der Waals surface area contributed by atoms with Crippen molar-refractivity contribution in [3.05, 3.63) is 36.7 Å². The summed E-state index contributed by atoms with van der Waals surface area (Å²) in [6, 6.07) is 2.27. The molecular formula is C20H24N4O2. The molecule has 2 aromatic rings. The number of carbonyl (C=O) groups excluding carboxylic acids is 2. The molecule has 2 aliphatic rings. The maximum Gasteiger partial charge on any atom is 0.246 e. The summed E-state index contributed by atoms with van der Waals surface area (Å²) >= 11 is 0. The summed E-state index contributed by atoms with van der Waals surface area (Å²) in [5.74, 6) is 0.335. The van der Waals surface area contributed by atoms with Gasteiger partial charge < -0.3 is 15.2 Å². The number of hydrogen-bond acceptors (Lipinski definition) is 4. The SMILES string of the molecule is C=CC(=O)N1C[C@H](Nc2ccnc3[nH]cc(C(=O)C4CC4)c23)CC[C@@H]1C. The van der Waals surface area contributed by atoms with Gasteiger partial charge in [0.1, 0.15) is 5.65 Å². The van der Waals surface area contributed by atoms with Crippen molar-refractivity contribution in [1.82, 2.24) is 14.9 Å². The minimum atomic E-state index is -0.0323. The van der Waals surface area contributed by atoms with E-state index in [4.69, 9.17) is 0 Å². The van der Waals surface area contributed by atoms with E-state index >= 15 is 0 Å². The van der Waals surface area contributed by atoms with E-state index in [-0.39, 0.29) is 29.7 Å². The van der Waals surface area contributed by atoms with Crippen molar-refractivity contribution in [2.24, 2.45) is 5.92 Å². The van der Waals surface area contributed by atoms with E-state index < -0.39 is 0 Å². The molecule has 1 aliphatic heterocycles. The van der Waals surface area contributed by atoms with Gasteiger partial charge in [0.25, 0.3) is 0 Å². The topological polar surface area (TPSA) is 78.1 Å². The van der Waals surface area contributed by atoms with Gasteiger partial charge in [0.05, 0.1) is 5.39 Å². The van der Waals surface area contributed by atoms with Crippen molar-refractivity contribution in [2.75, 3.05) is 11.9 Å². The van der Waals surface area contributed by atoms with Crippen LogP contribution in [-0.2, 0) is 4.79 Å². The van der Waals surface area contributed by atoms with Crippen molar-refractivity contribution in [2.45, 2.75) is 44.7 Å². The summed E-state index contributed by atoms with van der Waals surface area (Å²) in [7, 11) is 0. The number of pyridine rings is 1. The lowest BCUT2D eigenvalue weighted by atomic mass is 9.98. The zero-order valence-electron chi connectivity index (χ0n) is 15.0. The van der Waals surface area contributed by atoms with Gasteiger partial charge in [-0.3, -0.25) is 9.59 Å². The van der Waals surface area contributed by atoms with E-state index in [0.717, 1.165) is 48.0 Å². The molecular weight excluding hydrogens is 328 g/mol. The fraction of sp³-hybridized carbons (Fsp3) is 0.450. The Labute approximate surface area is 152 Å². The van der Waals surface area contributed by atoms with Crippen LogP contribution in [0.2, 0.25) is 0 Å². The first-order valence-electron chi connectivity index (χ1n) is 9.28. The third-order valence-electron chi connectivity index (χ3n) is 5.49. The number of rotatable bonds is 5. The molecule has 0 unspecified atom stereocenters. The summed E-state index contributed by atoms with van der Waals surface area (Å²) in [6.45, 7) is 6.31. The molecule has 2 N–H and O–H groups in total. The number of nitrogens with one attached hydrogen (secondary N) is 2. The fourth-order valence-electron chi connectivity index (χ4n) is 3.81. The molecule has 3 heterocycles. The van der Waals surface area contributed by atoms with Crippen LogP contribution < -0.4 is 5.32 Å². The Kier molecular flexibility index (Phi) is 4.26. The highest BCUT2D eigenvalue weighted by atomic mass is 16.2. The Bertz CT molecular complexity index is 868. The van der Waals surface area contributed by atoms with Gasteiger partial charge >= 0.3 is 0 Å². The number of amides is 1. The fourth-order valence-corrected chi connectivity index (χ4v) is 3.81. The molecule has 2 fully saturated rings. The number of Topliss-reactive ketones (excluding diaryl/α,β-unsaturated/α-hetero) is 1. The summed E-state index contributed by atoms with van der Waals surface area (Å²) < 4.78 is 0. The van der Waals surface area contributed by atoms with Gasteiger partial charge in [-0.2, -0.15) is 0 Å². The Balaban J connectivity index is 1.61. The highest BCUT2D eigenvalue weighted by Crippen LogP contribution is 2.36. The molecule has 0 spiro atoms. The summed E-state index contributed by atoms with van der Waals surface area (Å²) in [5.41, 5.74) is 2.36. The average molecular weight is 352 g/mol. The third kappa shape index (κ3) is 3.00. The molecule has 2 aromatic heterocycles. The Morgan fingerprint density at radius 3 is 2.88 bits per heavy atom. The number of fused-ring (bicyclic) bond motifs is 1. The predicted octanol–water partition coefficient (Wildman–Crippen LogP) is 3.13. The lowest BCUT2D eigenvalue weighted by Crippen LogP contribution is -2.49. The van der Waals surface area contributed by atoms with E-state index in [2.05, 4.69) is 28.8 Å². The molecule has 6 nitrogen and oxygen atoms in total. The van der Waals surface area contributed by atoms with Crippen LogP contribution in [0.15, 0.2) is 31.1 Å². The van der Waals surface area contributed by atoms with E-state index in [1.54, 1.807) is 12.4 Å². The second-order valence-electron chi connectivity index (χ2n) is 7.39. The summed E-state index contributed by atoms with van der Waals surface area (Å²) in [5, 5.41) is 4.42. The number of nitrogens with zero attached hydrogens (tertiary/aromatic N) is 2. The highest BCUT2D eigenvalue weighted by Gasteiger charge is 2.33. The first kappa shape index (κ1) is 16.8. The molecule has 0 radical (unpaired) electrons. The largest absolute Gasteiger partial charge is 0.380 e. The standard InChI is InChI=1S/C20H24N4O2/c1-3-17(25)24-11-14(7-4-12(24)2)23-16-8-9-21-20-18(16)15(10-22-20)19(26)13-5-6-13/h3,8-10,12-14H,1,4-7,11H2,2H3,(H2,21,22,23)/t12-,14+/m0/s1. The monoisotopic (exact) mass is 352 g/mol. The Hall–Kier alpha value is -2.63. The van der Waals surface area contributed by atoms with Gasteiger partial charge in [0.15, 0.2) is 5.78 Å². The normalized spacial score (nSPS) is 23.0. The molecule has 6 heteroatoms. The molecule has 1 saturated carbocycles. The first-order chi connectivity index (χ1) is 12.6. The smallest absolute Gasteiger partial charge is 0.246 e. The number of piperidine rings is 1. The lowest BCUT2D eigenvalue weighted by molar-refractivity contribution is -0.129. The molecule has 26 heavy (non-hydrogen) atoms. The van der Waals surface area contributed by atoms with Crippen LogP contribution in [0.1, 0.15) is 43.0 Å². The van der Waals surface area contributed by atoms with Gasteiger partial charge in [0.2, 0.25) is 5.91 Å². The van der Waals surface area contributed by atoms with Crippen molar-refractivity contribution >= 4 is 28.4 Å². The number of aromatic amines is 1. The maximum absolute atomic E-state index is 12.6. The van der Waals surface area contributed by atoms with Crippen molar-refractivity contribution < 1.29 is 9.59 Å².